The van der Waals surface area contributed by atoms with Gasteiger partial charge in [0.15, 0.2) is 11.5 Å². The highest BCUT2D eigenvalue weighted by atomic mass is 19.4. The van der Waals surface area contributed by atoms with Crippen molar-refractivity contribution < 1.29 is 31.1 Å². The van der Waals surface area contributed by atoms with Gasteiger partial charge in [-0.05, 0) is 18.4 Å². The smallest absolute Gasteiger partial charge is 0.434 e. The number of alkyl halides is 6. The molecule has 1 saturated carbocycles. The van der Waals surface area contributed by atoms with E-state index in [4.69, 9.17) is 4.74 Å². The van der Waals surface area contributed by atoms with E-state index in [0.717, 1.165) is 23.7 Å². The molecule has 1 aliphatic carbocycles. The van der Waals surface area contributed by atoms with Gasteiger partial charge in [0, 0.05) is 31.1 Å². The van der Waals surface area contributed by atoms with Crippen molar-refractivity contribution in [2.75, 3.05) is 7.11 Å². The third-order valence-electron chi connectivity index (χ3n) is 6.86. The van der Waals surface area contributed by atoms with Crippen molar-refractivity contribution in [1.29, 1.82) is 0 Å². The van der Waals surface area contributed by atoms with Gasteiger partial charge >= 0.3 is 12.4 Å². The highest BCUT2D eigenvalue weighted by Gasteiger charge is 2.35. The predicted octanol–water partition coefficient (Wildman–Crippen LogP) is 5.74. The topological polar surface area (TPSA) is 96.4 Å². The Morgan fingerprint density at radius 1 is 0.976 bits per heavy atom. The van der Waals surface area contributed by atoms with Gasteiger partial charge in [-0.25, -0.2) is 24.9 Å². The lowest BCUT2D eigenvalue weighted by molar-refractivity contribution is -0.142. The number of ether oxygens (including phenoxy) is 1. The molecule has 0 saturated heterocycles. The number of halogens is 6. The zero-order chi connectivity index (χ0) is 29.8. The molecule has 0 amide bonds. The molecule has 1 aliphatic rings. The molecule has 4 heterocycles. The number of aromatic nitrogens is 8. The van der Waals surface area contributed by atoms with Crippen molar-refractivity contribution in [3.05, 3.63) is 65.6 Å². The molecule has 5 aromatic rings. The molecule has 0 atom stereocenters. The van der Waals surface area contributed by atoms with Gasteiger partial charge in [-0.3, -0.25) is 4.68 Å². The molecule has 4 aromatic heterocycles. The lowest BCUT2D eigenvalue weighted by Gasteiger charge is -2.11. The molecule has 0 N–H and O–H groups in total. The second-order valence-electron chi connectivity index (χ2n) is 10.00. The van der Waals surface area contributed by atoms with Crippen LogP contribution >= 0.6 is 0 Å². The van der Waals surface area contributed by atoms with Crippen LogP contribution in [0.1, 0.15) is 41.4 Å². The minimum Gasteiger partial charge on any atom is -0.480 e. The van der Waals surface area contributed by atoms with Crippen LogP contribution in [0.3, 0.4) is 0 Å². The third-order valence-corrected chi connectivity index (χ3v) is 6.86. The van der Waals surface area contributed by atoms with Crippen LogP contribution in [0.2, 0.25) is 0 Å². The summed E-state index contributed by atoms with van der Waals surface area (Å²) in [6, 6.07) is 6.52. The molecule has 0 radical (unpaired) electrons. The van der Waals surface area contributed by atoms with E-state index in [1.54, 1.807) is 24.3 Å². The molecule has 42 heavy (non-hydrogen) atoms. The van der Waals surface area contributed by atoms with Crippen molar-refractivity contribution in [1.82, 2.24) is 39.3 Å². The molecule has 9 nitrogen and oxygen atoms in total. The van der Waals surface area contributed by atoms with Gasteiger partial charge in [0.1, 0.15) is 35.3 Å². The monoisotopic (exact) mass is 588 g/mol. The summed E-state index contributed by atoms with van der Waals surface area (Å²) in [4.78, 5) is 21.2. The number of nitrogens with zero attached hydrogens (tertiary/aromatic N) is 8. The molecule has 0 spiro atoms. The van der Waals surface area contributed by atoms with Gasteiger partial charge in [-0.2, -0.15) is 31.4 Å². The maximum Gasteiger partial charge on any atom is 0.434 e. The maximum absolute atomic E-state index is 13.4. The lowest BCUT2D eigenvalue weighted by Crippen LogP contribution is -2.18. The predicted molar refractivity (Wildman–Crippen MR) is 137 cm³/mol. The van der Waals surface area contributed by atoms with E-state index in [1.807, 2.05) is 0 Å². The van der Waals surface area contributed by atoms with Crippen molar-refractivity contribution in [2.45, 2.75) is 44.1 Å². The standard InChI is InChI=1S/C27H22F6N8O/c1-40-11-19(27(31,32)33)37-24(40)16-5-3-14(4-6-16)9-17-22-18(41(39-17)12-26(28,29)30)10-34-23(38-22)20-21(15-7-8-15)35-13-36-25(20)42-2/h3-6,10-11,13,15H,7-9,12H2,1-2H3. The molecule has 0 bridgehead atoms. The minimum absolute atomic E-state index is 0.0965. The Bertz CT molecular complexity index is 1770. The first kappa shape index (κ1) is 27.6. The van der Waals surface area contributed by atoms with Gasteiger partial charge in [0.25, 0.3) is 0 Å². The summed E-state index contributed by atoms with van der Waals surface area (Å²) in [6.07, 6.45) is -3.57. The van der Waals surface area contributed by atoms with Gasteiger partial charge in [-0.1, -0.05) is 24.3 Å². The maximum atomic E-state index is 13.4. The van der Waals surface area contributed by atoms with E-state index in [2.05, 4.69) is 30.0 Å². The van der Waals surface area contributed by atoms with E-state index in [1.165, 1.54) is 31.2 Å². The van der Waals surface area contributed by atoms with Crippen LogP contribution in [0.4, 0.5) is 26.3 Å². The summed E-state index contributed by atoms with van der Waals surface area (Å²) in [7, 11) is 2.91. The Labute approximate surface area is 234 Å². The fourth-order valence-corrected chi connectivity index (χ4v) is 4.80. The molecule has 1 aromatic carbocycles. The number of fused-ring (bicyclic) bond motifs is 1. The van der Waals surface area contributed by atoms with Gasteiger partial charge < -0.3 is 9.30 Å². The lowest BCUT2D eigenvalue weighted by atomic mass is 10.1. The van der Waals surface area contributed by atoms with Crippen molar-refractivity contribution >= 4 is 11.0 Å². The van der Waals surface area contributed by atoms with E-state index in [-0.39, 0.29) is 46.6 Å². The summed E-state index contributed by atoms with van der Waals surface area (Å²) in [5.41, 5.74) is 1.87. The molecule has 0 aliphatic heterocycles. The highest BCUT2D eigenvalue weighted by molar-refractivity contribution is 5.80. The first-order valence-corrected chi connectivity index (χ1v) is 12.8. The Hall–Kier alpha value is -4.56. The van der Waals surface area contributed by atoms with Crippen molar-refractivity contribution in [3.8, 4) is 28.7 Å². The summed E-state index contributed by atoms with van der Waals surface area (Å²) in [5.74, 6) is 0.777. The van der Waals surface area contributed by atoms with Crippen LogP contribution in [-0.4, -0.2) is 52.6 Å². The van der Waals surface area contributed by atoms with Gasteiger partial charge in [-0.15, -0.1) is 0 Å². The first-order chi connectivity index (χ1) is 19.9. The molecule has 0 unspecified atom stereocenters. The normalized spacial score (nSPS) is 14.1. The number of aryl methyl sites for hydroxylation is 1. The van der Waals surface area contributed by atoms with Crippen LogP contribution in [0.15, 0.2) is 43.0 Å². The Kier molecular flexibility index (Phi) is 6.61. The van der Waals surface area contributed by atoms with Crippen LogP contribution in [0.25, 0.3) is 33.8 Å². The first-order valence-electron chi connectivity index (χ1n) is 12.8. The number of imidazole rings is 1. The number of hydrogen-bond donors (Lipinski definition) is 0. The van der Waals surface area contributed by atoms with E-state index in [0.29, 0.717) is 22.4 Å². The summed E-state index contributed by atoms with van der Waals surface area (Å²) >= 11 is 0. The molecule has 1 fully saturated rings. The average molecular weight is 589 g/mol. The zero-order valence-electron chi connectivity index (χ0n) is 22.2. The van der Waals surface area contributed by atoms with E-state index >= 15 is 0 Å². The van der Waals surface area contributed by atoms with E-state index in [9.17, 15) is 26.3 Å². The number of methoxy groups -OCH3 is 1. The number of rotatable bonds is 7. The van der Waals surface area contributed by atoms with Crippen LogP contribution in [-0.2, 0) is 26.2 Å². The molecular weight excluding hydrogens is 566 g/mol. The van der Waals surface area contributed by atoms with Crippen molar-refractivity contribution in [2.24, 2.45) is 7.05 Å². The number of hydrogen-bond acceptors (Lipinski definition) is 7. The van der Waals surface area contributed by atoms with Gasteiger partial charge in [0.05, 0.1) is 24.7 Å². The number of benzene rings is 1. The van der Waals surface area contributed by atoms with Crippen LogP contribution in [0.5, 0.6) is 5.88 Å². The quantitative estimate of drug-likeness (QED) is 0.224. The second kappa shape index (κ2) is 10.1. The average Bonchev–Trinajstić information content (AvgIpc) is 3.63. The fourth-order valence-electron chi connectivity index (χ4n) is 4.80. The van der Waals surface area contributed by atoms with Gasteiger partial charge in [0.2, 0.25) is 5.88 Å². The summed E-state index contributed by atoms with van der Waals surface area (Å²) in [5, 5.41) is 4.23. The fraction of sp³-hybridized carbons (Fsp3) is 0.333. The Morgan fingerprint density at radius 2 is 1.71 bits per heavy atom. The zero-order valence-corrected chi connectivity index (χ0v) is 22.2. The Balaban J connectivity index is 1.39. The van der Waals surface area contributed by atoms with Crippen LogP contribution in [0, 0.1) is 0 Å². The molecule has 15 heteroatoms. The molecular formula is C27H22F6N8O. The SMILES string of the molecule is COc1ncnc(C2CC2)c1-c1ncc2c(n1)c(Cc1ccc(-c3nc(C(F)(F)F)cn3C)cc1)nn2CC(F)(F)F. The Morgan fingerprint density at radius 3 is 2.33 bits per heavy atom. The second-order valence-corrected chi connectivity index (χ2v) is 10.00. The highest BCUT2D eigenvalue weighted by Crippen LogP contribution is 2.45. The third kappa shape index (κ3) is 5.37. The molecule has 218 valence electrons. The van der Waals surface area contributed by atoms with E-state index < -0.39 is 24.6 Å². The largest absolute Gasteiger partial charge is 0.480 e. The van der Waals surface area contributed by atoms with Crippen molar-refractivity contribution in [3.63, 3.8) is 0 Å². The summed E-state index contributed by atoms with van der Waals surface area (Å²) in [6.45, 7) is -1.34. The molecule has 6 rings (SSSR count). The minimum atomic E-state index is -4.58. The van der Waals surface area contributed by atoms with Crippen LogP contribution < -0.4 is 4.74 Å². The summed E-state index contributed by atoms with van der Waals surface area (Å²) < 4.78 is 87.0.